The van der Waals surface area contributed by atoms with Crippen LogP contribution in [-0.2, 0) is 9.53 Å². The summed E-state index contributed by atoms with van der Waals surface area (Å²) < 4.78 is 5.80. The molecule has 6 fully saturated rings. The lowest BCUT2D eigenvalue weighted by Gasteiger charge is -2.74. The van der Waals surface area contributed by atoms with Gasteiger partial charge < -0.3 is 25.2 Å². The Kier molecular flexibility index (Phi) is 3.07. The molecule has 6 heteroatoms. The maximum absolute atomic E-state index is 13.3. The fraction of sp³-hybridized carbons (Fsp3) is 0.850. The summed E-state index contributed by atoms with van der Waals surface area (Å²) in [7, 11) is 0. The highest BCUT2D eigenvalue weighted by atomic mass is 16.6. The number of fused-ring (bicyclic) bond motifs is 2. The monoisotopic (exact) mass is 364 g/mol. The molecular formula is C20H28O6. The molecule has 6 aliphatic rings. The average Bonchev–Trinajstić information content (AvgIpc) is 2.69. The van der Waals surface area contributed by atoms with Gasteiger partial charge in [0.05, 0.1) is 18.8 Å². The zero-order valence-electron chi connectivity index (χ0n) is 15.3. The highest BCUT2D eigenvalue weighted by Gasteiger charge is 2.86. The third-order valence-corrected chi connectivity index (χ3v) is 8.88. The van der Waals surface area contributed by atoms with E-state index in [0.29, 0.717) is 24.8 Å². The standard InChI is InChI=1S/C20H28O6/c1-9-10-4-5-11-18-8-26-20(25,19(11,14(9)22)15(10)23)16(24)13(18)17(2,3)7-6-12(18)21/h10-13,15-16,21,23-25H,1,4-8H2,2-3H3/t10?,11?,12?,13?,15?,16?,18-,19+,20-/m1/s1. The molecule has 26 heavy (non-hydrogen) atoms. The number of ether oxygens (including phenoxy) is 1. The predicted molar refractivity (Wildman–Crippen MR) is 90.7 cm³/mol. The van der Waals surface area contributed by atoms with Gasteiger partial charge in [-0.25, -0.2) is 0 Å². The Bertz CT molecular complexity index is 717. The van der Waals surface area contributed by atoms with E-state index >= 15 is 0 Å². The summed E-state index contributed by atoms with van der Waals surface area (Å²) in [5.74, 6) is -3.80. The van der Waals surface area contributed by atoms with Crippen LogP contribution >= 0.6 is 0 Å². The van der Waals surface area contributed by atoms with Gasteiger partial charge in [0.1, 0.15) is 11.5 Å². The van der Waals surface area contributed by atoms with Crippen LogP contribution < -0.4 is 0 Å². The molecule has 0 aromatic heterocycles. The minimum Gasteiger partial charge on any atom is -0.392 e. The van der Waals surface area contributed by atoms with Crippen molar-refractivity contribution in [2.75, 3.05) is 6.61 Å². The number of carbonyl (C=O) groups excluding carboxylic acids is 1. The van der Waals surface area contributed by atoms with Gasteiger partial charge in [0.2, 0.25) is 5.79 Å². The number of carbonyl (C=O) groups is 1. The topological polar surface area (TPSA) is 107 Å². The van der Waals surface area contributed by atoms with Gasteiger partial charge in [0.25, 0.3) is 0 Å². The van der Waals surface area contributed by atoms with Gasteiger partial charge in [0, 0.05) is 17.3 Å². The lowest BCUT2D eigenvalue weighted by Crippen LogP contribution is -2.85. The molecule has 4 N–H and O–H groups in total. The molecule has 144 valence electrons. The van der Waals surface area contributed by atoms with Gasteiger partial charge in [-0.05, 0) is 42.6 Å². The van der Waals surface area contributed by atoms with Gasteiger partial charge >= 0.3 is 0 Å². The zero-order valence-corrected chi connectivity index (χ0v) is 15.3. The number of hydrogen-bond acceptors (Lipinski definition) is 6. The van der Waals surface area contributed by atoms with Crippen molar-refractivity contribution in [1.29, 1.82) is 0 Å². The lowest BCUT2D eigenvalue weighted by atomic mass is 9.35. The first kappa shape index (κ1) is 17.3. The van der Waals surface area contributed by atoms with E-state index in [-0.39, 0.29) is 12.0 Å². The second-order valence-corrected chi connectivity index (χ2v) is 9.97. The van der Waals surface area contributed by atoms with Crippen LogP contribution in [0.2, 0.25) is 0 Å². The average molecular weight is 364 g/mol. The SMILES string of the molecule is C=C1C(=O)[C@]23C(O)C1CCC2[C@@]12CO[C@]3(O)C(O)C1C(C)(C)CCC2O. The quantitative estimate of drug-likeness (QED) is 0.463. The Morgan fingerprint density at radius 2 is 1.81 bits per heavy atom. The van der Waals surface area contributed by atoms with Gasteiger partial charge in [-0.3, -0.25) is 4.79 Å². The van der Waals surface area contributed by atoms with E-state index in [0.717, 1.165) is 6.42 Å². The summed E-state index contributed by atoms with van der Waals surface area (Å²) in [6.45, 7) is 8.07. The first-order valence-corrected chi connectivity index (χ1v) is 9.71. The minimum atomic E-state index is -2.15. The van der Waals surface area contributed by atoms with E-state index in [2.05, 4.69) is 6.58 Å². The number of rotatable bonds is 0. The maximum Gasteiger partial charge on any atom is 0.208 e. The summed E-state index contributed by atoms with van der Waals surface area (Å²) in [6.07, 6.45) is -0.747. The second kappa shape index (κ2) is 4.61. The molecule has 0 aromatic carbocycles. The summed E-state index contributed by atoms with van der Waals surface area (Å²) in [5, 5.41) is 45.1. The molecule has 2 spiro atoms. The third kappa shape index (κ3) is 1.41. The molecule has 4 bridgehead atoms. The number of aliphatic hydroxyl groups excluding tert-OH is 3. The molecule has 6 unspecified atom stereocenters. The highest BCUT2D eigenvalue weighted by Crippen LogP contribution is 2.76. The molecule has 6 nitrogen and oxygen atoms in total. The smallest absolute Gasteiger partial charge is 0.208 e. The van der Waals surface area contributed by atoms with E-state index in [1.54, 1.807) is 0 Å². The predicted octanol–water partition coefficient (Wildman–Crippen LogP) is 0.376. The van der Waals surface area contributed by atoms with Crippen LogP contribution in [0.25, 0.3) is 0 Å². The molecule has 0 amide bonds. The van der Waals surface area contributed by atoms with Gasteiger partial charge in [-0.2, -0.15) is 0 Å². The van der Waals surface area contributed by atoms with Crippen molar-refractivity contribution >= 4 is 5.78 Å². The maximum atomic E-state index is 13.3. The van der Waals surface area contributed by atoms with Crippen LogP contribution in [0, 0.1) is 34.0 Å². The number of hydrogen-bond donors (Lipinski definition) is 4. The Balaban J connectivity index is 1.81. The van der Waals surface area contributed by atoms with Gasteiger partial charge in [-0.15, -0.1) is 0 Å². The van der Waals surface area contributed by atoms with Crippen LogP contribution in [-0.4, -0.2) is 56.9 Å². The molecule has 6 rings (SSSR count). The fourth-order valence-electron chi connectivity index (χ4n) is 7.90. The third-order valence-electron chi connectivity index (χ3n) is 8.88. The van der Waals surface area contributed by atoms with Crippen molar-refractivity contribution in [2.24, 2.45) is 34.0 Å². The normalized spacial score (nSPS) is 59.9. The van der Waals surface area contributed by atoms with Crippen molar-refractivity contribution in [1.82, 2.24) is 0 Å². The van der Waals surface area contributed by atoms with E-state index < -0.39 is 58.5 Å². The van der Waals surface area contributed by atoms with Crippen LogP contribution in [0.5, 0.6) is 0 Å². The van der Waals surface area contributed by atoms with E-state index in [1.807, 2.05) is 13.8 Å². The number of Topliss-reactive ketones (excluding diaryl/α,β-unsaturated/α-hetero) is 1. The Hall–Kier alpha value is -0.790. The summed E-state index contributed by atoms with van der Waals surface area (Å²) in [4.78, 5) is 13.3. The largest absolute Gasteiger partial charge is 0.392 e. The van der Waals surface area contributed by atoms with Crippen molar-refractivity contribution < 1.29 is 30.0 Å². The number of aliphatic hydroxyl groups is 4. The Labute approximate surface area is 152 Å². The lowest BCUT2D eigenvalue weighted by molar-refractivity contribution is -0.458. The van der Waals surface area contributed by atoms with Gasteiger partial charge in [0.15, 0.2) is 5.78 Å². The summed E-state index contributed by atoms with van der Waals surface area (Å²) in [6, 6.07) is 0. The fourth-order valence-corrected chi connectivity index (χ4v) is 7.90. The van der Waals surface area contributed by atoms with Crippen molar-refractivity contribution in [3.05, 3.63) is 12.2 Å². The zero-order chi connectivity index (χ0) is 18.9. The molecule has 0 aromatic rings. The molecule has 9 atom stereocenters. The van der Waals surface area contributed by atoms with Crippen LogP contribution in [0.15, 0.2) is 12.2 Å². The van der Waals surface area contributed by atoms with Crippen LogP contribution in [0.3, 0.4) is 0 Å². The second-order valence-electron chi connectivity index (χ2n) is 9.97. The number of ketones is 1. The van der Waals surface area contributed by atoms with Gasteiger partial charge in [-0.1, -0.05) is 20.4 Å². The van der Waals surface area contributed by atoms with Crippen molar-refractivity contribution in [3.8, 4) is 0 Å². The summed E-state index contributed by atoms with van der Waals surface area (Å²) >= 11 is 0. The van der Waals surface area contributed by atoms with Crippen molar-refractivity contribution in [2.45, 2.75) is 63.6 Å². The minimum absolute atomic E-state index is 0.0966. The molecule has 2 saturated heterocycles. The Morgan fingerprint density at radius 1 is 1.12 bits per heavy atom. The molecule has 0 radical (unpaired) electrons. The molecular weight excluding hydrogens is 336 g/mol. The molecule has 4 aliphatic carbocycles. The van der Waals surface area contributed by atoms with E-state index in [9.17, 15) is 25.2 Å². The first-order valence-electron chi connectivity index (χ1n) is 9.71. The van der Waals surface area contributed by atoms with Crippen molar-refractivity contribution in [3.63, 3.8) is 0 Å². The van der Waals surface area contributed by atoms with E-state index in [1.165, 1.54) is 0 Å². The molecule has 4 saturated carbocycles. The van der Waals surface area contributed by atoms with Crippen LogP contribution in [0.4, 0.5) is 0 Å². The van der Waals surface area contributed by atoms with Crippen LogP contribution in [0.1, 0.15) is 39.5 Å². The van der Waals surface area contributed by atoms with E-state index in [4.69, 9.17) is 4.74 Å². The first-order chi connectivity index (χ1) is 12.1. The Morgan fingerprint density at radius 3 is 2.50 bits per heavy atom. The molecule has 2 aliphatic heterocycles. The summed E-state index contributed by atoms with van der Waals surface area (Å²) in [5.41, 5.74) is -2.49. The molecule has 2 heterocycles. The highest BCUT2D eigenvalue weighted by molar-refractivity contribution is 6.05.